The highest BCUT2D eigenvalue weighted by atomic mass is 79.9. The van der Waals surface area contributed by atoms with Crippen molar-refractivity contribution in [1.29, 1.82) is 0 Å². The van der Waals surface area contributed by atoms with Crippen LogP contribution in [0, 0.1) is 10.1 Å². The zero-order chi connectivity index (χ0) is 10.0. The molecule has 1 rings (SSSR count). The number of nitrogens with zero attached hydrogens (tertiary/aromatic N) is 1. The molecule has 0 aliphatic carbocycles. The average molecular weight is 247 g/mol. The van der Waals surface area contributed by atoms with Crippen LogP contribution in [0.3, 0.4) is 0 Å². The average Bonchev–Trinajstić information content (AvgIpc) is 2.09. The van der Waals surface area contributed by atoms with Crippen molar-refractivity contribution in [3.8, 4) is 5.75 Å². The van der Waals surface area contributed by atoms with Gasteiger partial charge in [-0.25, -0.2) is 0 Å². The summed E-state index contributed by atoms with van der Waals surface area (Å²) in [4.78, 5) is 9.90. The number of rotatable bonds is 2. The van der Waals surface area contributed by atoms with Crippen LogP contribution in [0.1, 0.15) is 0 Å². The van der Waals surface area contributed by atoms with Gasteiger partial charge in [-0.2, -0.15) is 0 Å². The molecule has 0 aromatic heterocycles. The van der Waals surface area contributed by atoms with Crippen LogP contribution in [0.4, 0.5) is 11.4 Å². The first-order valence-electron chi connectivity index (χ1n) is 3.34. The molecule has 0 radical (unpaired) electrons. The van der Waals surface area contributed by atoms with Crippen molar-refractivity contribution in [2.75, 3.05) is 12.8 Å². The number of nitrogens with two attached hydrogens (primary N) is 1. The van der Waals surface area contributed by atoms with Gasteiger partial charge in [0.25, 0.3) is 5.69 Å². The quantitative estimate of drug-likeness (QED) is 0.492. The Labute approximate surface area is 82.8 Å². The molecule has 2 N–H and O–H groups in total. The Bertz CT molecular complexity index is 354. The Hall–Kier alpha value is -1.30. The van der Waals surface area contributed by atoms with Crippen molar-refractivity contribution in [3.63, 3.8) is 0 Å². The van der Waals surface area contributed by atoms with E-state index in [1.807, 2.05) is 0 Å². The van der Waals surface area contributed by atoms with Gasteiger partial charge in [-0.05, 0) is 22.0 Å². The summed E-state index contributed by atoms with van der Waals surface area (Å²) in [7, 11) is 1.46. The minimum Gasteiger partial charge on any atom is -0.495 e. The zero-order valence-electron chi connectivity index (χ0n) is 6.78. The highest BCUT2D eigenvalue weighted by Gasteiger charge is 2.16. The molecule has 0 atom stereocenters. The first-order chi connectivity index (χ1) is 6.07. The number of hydrogen-bond acceptors (Lipinski definition) is 4. The number of anilines is 1. The van der Waals surface area contributed by atoms with E-state index in [1.54, 1.807) is 0 Å². The van der Waals surface area contributed by atoms with Gasteiger partial charge in [-0.3, -0.25) is 10.1 Å². The summed E-state index contributed by atoms with van der Waals surface area (Å²) in [5.74, 6) is 0.475. The van der Waals surface area contributed by atoms with Crippen LogP contribution in [0.5, 0.6) is 5.75 Å². The van der Waals surface area contributed by atoms with Crippen molar-refractivity contribution in [2.45, 2.75) is 0 Å². The second-order valence-electron chi connectivity index (χ2n) is 2.27. The van der Waals surface area contributed by atoms with E-state index < -0.39 is 4.92 Å². The fourth-order valence-corrected chi connectivity index (χ4v) is 1.38. The van der Waals surface area contributed by atoms with Crippen LogP contribution in [0.2, 0.25) is 0 Å². The second-order valence-corrected chi connectivity index (χ2v) is 3.06. The van der Waals surface area contributed by atoms with E-state index >= 15 is 0 Å². The summed E-state index contributed by atoms with van der Waals surface area (Å²) in [6, 6.07) is 2.79. The van der Waals surface area contributed by atoms with E-state index in [1.165, 1.54) is 19.2 Å². The first kappa shape index (κ1) is 9.79. The monoisotopic (exact) mass is 246 g/mol. The van der Waals surface area contributed by atoms with Crippen molar-refractivity contribution >= 4 is 27.3 Å². The van der Waals surface area contributed by atoms with Gasteiger partial charge in [-0.1, -0.05) is 0 Å². The lowest BCUT2D eigenvalue weighted by molar-refractivity contribution is -0.384. The number of nitro benzene ring substituents is 1. The van der Waals surface area contributed by atoms with Crippen molar-refractivity contribution < 1.29 is 9.66 Å². The third kappa shape index (κ3) is 1.72. The predicted octanol–water partition coefficient (Wildman–Crippen LogP) is 1.95. The minimum atomic E-state index is -0.542. The van der Waals surface area contributed by atoms with E-state index in [-0.39, 0.29) is 11.4 Å². The maximum atomic E-state index is 10.4. The predicted molar refractivity (Wildman–Crippen MR) is 51.8 cm³/mol. The lowest BCUT2D eigenvalue weighted by atomic mass is 10.2. The Morgan fingerprint density at radius 3 is 2.69 bits per heavy atom. The lowest BCUT2D eigenvalue weighted by Crippen LogP contribution is -1.97. The summed E-state index contributed by atoms with van der Waals surface area (Å²) in [6.07, 6.45) is 0. The number of benzene rings is 1. The maximum absolute atomic E-state index is 10.4. The summed E-state index contributed by atoms with van der Waals surface area (Å²) >= 11 is 3.11. The molecule has 5 nitrogen and oxygen atoms in total. The molecular formula is C7H7BrN2O3. The SMILES string of the molecule is COc1ccc([N+](=O)[O-])c(N)c1Br. The smallest absolute Gasteiger partial charge is 0.293 e. The summed E-state index contributed by atoms with van der Waals surface area (Å²) in [5.41, 5.74) is 5.43. The molecule has 0 spiro atoms. The molecule has 6 heteroatoms. The standard InChI is InChI=1S/C7H7BrN2O3/c1-13-5-3-2-4(10(11)12)7(9)6(5)8/h2-3H,9H2,1H3. The third-order valence-electron chi connectivity index (χ3n) is 1.54. The fraction of sp³-hybridized carbons (Fsp3) is 0.143. The van der Waals surface area contributed by atoms with E-state index in [0.29, 0.717) is 10.2 Å². The molecule has 70 valence electrons. The molecule has 0 amide bonds. The summed E-state index contributed by atoms with van der Waals surface area (Å²) in [5, 5.41) is 10.4. The van der Waals surface area contributed by atoms with E-state index in [4.69, 9.17) is 10.5 Å². The normalized spacial score (nSPS) is 9.69. The Balaban J connectivity index is 3.31. The van der Waals surface area contributed by atoms with Gasteiger partial charge >= 0.3 is 0 Å². The van der Waals surface area contributed by atoms with Crippen LogP contribution in [-0.2, 0) is 0 Å². The van der Waals surface area contributed by atoms with E-state index in [2.05, 4.69) is 15.9 Å². The molecule has 0 unspecified atom stereocenters. The highest BCUT2D eigenvalue weighted by molar-refractivity contribution is 9.10. The van der Waals surface area contributed by atoms with Crippen molar-refractivity contribution in [1.82, 2.24) is 0 Å². The summed E-state index contributed by atoms with van der Waals surface area (Å²) in [6.45, 7) is 0. The molecule has 13 heavy (non-hydrogen) atoms. The van der Waals surface area contributed by atoms with Crippen molar-refractivity contribution in [3.05, 3.63) is 26.7 Å². The van der Waals surface area contributed by atoms with Crippen LogP contribution in [0.25, 0.3) is 0 Å². The molecule has 0 saturated carbocycles. The van der Waals surface area contributed by atoms with Gasteiger partial charge in [0.15, 0.2) is 0 Å². The molecule has 0 aliphatic heterocycles. The van der Waals surface area contributed by atoms with Gasteiger partial charge in [-0.15, -0.1) is 0 Å². The molecule has 0 aliphatic rings. The topological polar surface area (TPSA) is 78.4 Å². The van der Waals surface area contributed by atoms with Gasteiger partial charge in [0.2, 0.25) is 0 Å². The number of hydrogen-bond donors (Lipinski definition) is 1. The molecule has 0 bridgehead atoms. The maximum Gasteiger partial charge on any atom is 0.293 e. The Kier molecular flexibility index (Phi) is 2.72. The molecule has 1 aromatic carbocycles. The second kappa shape index (κ2) is 3.61. The zero-order valence-corrected chi connectivity index (χ0v) is 8.37. The van der Waals surface area contributed by atoms with Crippen LogP contribution >= 0.6 is 15.9 Å². The molecular weight excluding hydrogens is 240 g/mol. The minimum absolute atomic E-state index is 0.0735. The summed E-state index contributed by atoms with van der Waals surface area (Å²) < 4.78 is 5.32. The Morgan fingerprint density at radius 1 is 1.62 bits per heavy atom. The first-order valence-corrected chi connectivity index (χ1v) is 4.13. The third-order valence-corrected chi connectivity index (χ3v) is 2.36. The van der Waals surface area contributed by atoms with Gasteiger partial charge in [0.1, 0.15) is 11.4 Å². The molecule has 0 heterocycles. The molecule has 0 fully saturated rings. The number of ether oxygens (including phenoxy) is 1. The fourth-order valence-electron chi connectivity index (χ4n) is 0.880. The van der Waals surface area contributed by atoms with E-state index in [0.717, 1.165) is 0 Å². The van der Waals surface area contributed by atoms with Crippen molar-refractivity contribution in [2.24, 2.45) is 0 Å². The van der Waals surface area contributed by atoms with Gasteiger partial charge < -0.3 is 10.5 Å². The number of nitro groups is 1. The van der Waals surface area contributed by atoms with Gasteiger partial charge in [0.05, 0.1) is 16.5 Å². The van der Waals surface area contributed by atoms with Crippen LogP contribution in [0.15, 0.2) is 16.6 Å². The van der Waals surface area contributed by atoms with Crippen LogP contribution < -0.4 is 10.5 Å². The molecule has 0 saturated heterocycles. The number of nitrogen functional groups attached to an aromatic ring is 1. The lowest BCUT2D eigenvalue weighted by Gasteiger charge is -2.05. The van der Waals surface area contributed by atoms with Gasteiger partial charge in [0, 0.05) is 6.07 Å². The number of halogens is 1. The Morgan fingerprint density at radius 2 is 2.23 bits per heavy atom. The number of methoxy groups -OCH3 is 1. The largest absolute Gasteiger partial charge is 0.495 e. The highest BCUT2D eigenvalue weighted by Crippen LogP contribution is 2.36. The van der Waals surface area contributed by atoms with E-state index in [9.17, 15) is 10.1 Å². The molecule has 1 aromatic rings. The van der Waals surface area contributed by atoms with Crippen LogP contribution in [-0.4, -0.2) is 12.0 Å².